The van der Waals surface area contributed by atoms with Crippen LogP contribution in [0, 0.1) is 23.5 Å². The molecular formula is C15H9F2N7O. The highest BCUT2D eigenvalue weighted by molar-refractivity contribution is 5.90. The molecule has 0 spiro atoms. The second-order valence-corrected chi connectivity index (χ2v) is 4.97. The van der Waals surface area contributed by atoms with Gasteiger partial charge in [0.2, 0.25) is 0 Å². The number of hydrogen-bond acceptors (Lipinski definition) is 7. The Morgan fingerprint density at radius 1 is 1.28 bits per heavy atom. The maximum Gasteiger partial charge on any atom is 0.295 e. The van der Waals surface area contributed by atoms with E-state index in [1.165, 1.54) is 6.33 Å². The molecule has 3 aromatic heterocycles. The highest BCUT2D eigenvalue weighted by Gasteiger charge is 2.18. The number of nitrogens with one attached hydrogen (secondary N) is 2. The molecule has 0 aliphatic carbocycles. The van der Waals surface area contributed by atoms with E-state index in [4.69, 9.17) is 10.2 Å². The quantitative estimate of drug-likeness (QED) is 0.452. The van der Waals surface area contributed by atoms with Gasteiger partial charge in [0.05, 0.1) is 10.9 Å². The fourth-order valence-electron chi connectivity index (χ4n) is 2.31. The van der Waals surface area contributed by atoms with E-state index in [2.05, 4.69) is 42.3 Å². The Balaban J connectivity index is 1.87. The molecule has 0 amide bonds. The van der Waals surface area contributed by atoms with E-state index in [1.54, 1.807) is 7.05 Å². The molecular weight excluding hydrogens is 332 g/mol. The zero-order valence-electron chi connectivity index (χ0n) is 12.7. The van der Waals surface area contributed by atoms with Crippen LogP contribution in [0.5, 0.6) is 0 Å². The van der Waals surface area contributed by atoms with Gasteiger partial charge in [-0.25, -0.2) is 18.7 Å². The number of benzene rings is 1. The Labute approximate surface area is 138 Å². The molecule has 1 aromatic carbocycles. The van der Waals surface area contributed by atoms with Crippen molar-refractivity contribution in [3.8, 4) is 11.8 Å². The number of halogens is 2. The minimum atomic E-state index is -0.920. The summed E-state index contributed by atoms with van der Waals surface area (Å²) >= 11 is 0. The summed E-state index contributed by atoms with van der Waals surface area (Å²) in [5.41, 5.74) is 5.74. The molecule has 0 saturated heterocycles. The molecule has 8 nitrogen and oxygen atoms in total. The van der Waals surface area contributed by atoms with Crippen molar-refractivity contribution in [2.75, 3.05) is 18.1 Å². The first-order valence-electron chi connectivity index (χ1n) is 7.01. The van der Waals surface area contributed by atoms with E-state index in [9.17, 15) is 8.78 Å². The number of nitrogens with zero attached hydrogens (tertiary/aromatic N) is 4. The molecule has 0 saturated carbocycles. The van der Waals surface area contributed by atoms with Crippen LogP contribution in [-0.2, 0) is 0 Å². The molecule has 10 heteroatoms. The summed E-state index contributed by atoms with van der Waals surface area (Å²) in [5, 5.41) is 9.57. The zero-order valence-corrected chi connectivity index (χ0v) is 12.7. The lowest BCUT2D eigenvalue weighted by atomic mass is 10.1. The molecule has 0 aliphatic rings. The Kier molecular flexibility index (Phi) is 3.21. The van der Waals surface area contributed by atoms with Crippen molar-refractivity contribution in [3.63, 3.8) is 0 Å². The van der Waals surface area contributed by atoms with Gasteiger partial charge >= 0.3 is 0 Å². The summed E-state index contributed by atoms with van der Waals surface area (Å²) in [6.07, 6.45) is 1.27. The number of oxazole rings is 1. The third kappa shape index (κ3) is 2.29. The lowest BCUT2D eigenvalue weighted by Crippen LogP contribution is -1.94. The van der Waals surface area contributed by atoms with E-state index in [0.717, 1.165) is 6.07 Å². The van der Waals surface area contributed by atoms with Gasteiger partial charge in [-0.1, -0.05) is 5.92 Å². The number of hydrogen-bond donors (Lipinski definition) is 3. The van der Waals surface area contributed by atoms with Crippen molar-refractivity contribution in [1.29, 1.82) is 0 Å². The minimum Gasteiger partial charge on any atom is -0.423 e. The Morgan fingerprint density at radius 2 is 2.12 bits per heavy atom. The third-order valence-electron chi connectivity index (χ3n) is 3.48. The van der Waals surface area contributed by atoms with E-state index >= 15 is 0 Å². The molecule has 124 valence electrons. The SMILES string of the molecule is CNc1nc2c(F)c(C#Cc3n[nH]c4ncnc(N)c34)c(F)cc2o1. The number of H-pyrrole nitrogens is 1. The van der Waals surface area contributed by atoms with Crippen molar-refractivity contribution in [2.45, 2.75) is 0 Å². The summed E-state index contributed by atoms with van der Waals surface area (Å²) in [6.45, 7) is 0. The zero-order chi connectivity index (χ0) is 17.6. The normalized spacial score (nSPS) is 10.8. The second kappa shape index (κ2) is 5.41. The van der Waals surface area contributed by atoms with E-state index in [0.29, 0.717) is 11.0 Å². The number of nitrogen functional groups attached to an aromatic ring is 1. The standard InChI is InChI=1S/C15H9F2N7O/c1-19-15-22-12-9(25-15)4-7(16)6(11(12)17)2-3-8-10-13(18)20-5-21-14(10)24-23-8/h4-5H,1H3,(H,19,22)(H3,18,20,21,23,24). The number of fused-ring (bicyclic) bond motifs is 2. The molecule has 0 unspecified atom stereocenters. The van der Waals surface area contributed by atoms with Gasteiger partial charge in [0.15, 0.2) is 17.0 Å². The summed E-state index contributed by atoms with van der Waals surface area (Å²) < 4.78 is 33.9. The maximum atomic E-state index is 14.5. The minimum absolute atomic E-state index is 0.0206. The first-order chi connectivity index (χ1) is 12.1. The number of anilines is 2. The Bertz CT molecular complexity index is 1190. The van der Waals surface area contributed by atoms with Crippen LogP contribution in [0.3, 0.4) is 0 Å². The Hall–Kier alpha value is -3.74. The van der Waals surface area contributed by atoms with Crippen LogP contribution in [0.1, 0.15) is 11.3 Å². The van der Waals surface area contributed by atoms with Gasteiger partial charge in [-0.15, -0.1) is 0 Å². The second-order valence-electron chi connectivity index (χ2n) is 4.97. The summed E-state index contributed by atoms with van der Waals surface area (Å²) in [4.78, 5) is 11.7. The topological polar surface area (TPSA) is 119 Å². The van der Waals surface area contributed by atoms with E-state index in [1.807, 2.05) is 0 Å². The number of aromatic nitrogens is 5. The molecule has 0 atom stereocenters. The lowest BCUT2D eigenvalue weighted by molar-refractivity contribution is 0.576. The van der Waals surface area contributed by atoms with Gasteiger partial charge in [-0.05, 0) is 5.92 Å². The molecule has 4 aromatic rings. The molecule has 0 radical (unpaired) electrons. The fraction of sp³-hybridized carbons (Fsp3) is 0.0667. The monoisotopic (exact) mass is 341 g/mol. The Morgan fingerprint density at radius 3 is 2.92 bits per heavy atom. The van der Waals surface area contributed by atoms with Crippen LogP contribution in [-0.4, -0.2) is 32.2 Å². The van der Waals surface area contributed by atoms with E-state index in [-0.39, 0.29) is 28.6 Å². The third-order valence-corrected chi connectivity index (χ3v) is 3.48. The van der Waals surface area contributed by atoms with Gasteiger partial charge in [-0.3, -0.25) is 5.10 Å². The van der Waals surface area contributed by atoms with Crippen molar-refractivity contribution in [1.82, 2.24) is 25.1 Å². The molecule has 3 heterocycles. The van der Waals surface area contributed by atoms with Gasteiger partial charge in [-0.2, -0.15) is 10.1 Å². The largest absolute Gasteiger partial charge is 0.423 e. The molecule has 4 N–H and O–H groups in total. The first-order valence-corrected chi connectivity index (χ1v) is 7.01. The maximum absolute atomic E-state index is 14.5. The molecule has 0 bridgehead atoms. The van der Waals surface area contributed by atoms with Gasteiger partial charge in [0, 0.05) is 13.1 Å². The predicted molar refractivity (Wildman–Crippen MR) is 85.5 cm³/mol. The lowest BCUT2D eigenvalue weighted by Gasteiger charge is -1.97. The predicted octanol–water partition coefficient (Wildman–Crippen LogP) is 1.80. The first kappa shape index (κ1) is 14.8. The van der Waals surface area contributed by atoms with Crippen LogP contribution in [0.2, 0.25) is 0 Å². The smallest absolute Gasteiger partial charge is 0.295 e. The van der Waals surface area contributed by atoms with E-state index < -0.39 is 17.2 Å². The fourth-order valence-corrected chi connectivity index (χ4v) is 2.31. The molecule has 0 aliphatic heterocycles. The van der Waals surface area contributed by atoms with Gasteiger partial charge in [0.25, 0.3) is 6.01 Å². The van der Waals surface area contributed by atoms with Crippen LogP contribution in [0.15, 0.2) is 16.8 Å². The molecule has 25 heavy (non-hydrogen) atoms. The van der Waals surface area contributed by atoms with Gasteiger partial charge in [0.1, 0.15) is 29.2 Å². The van der Waals surface area contributed by atoms with Crippen molar-refractivity contribution in [2.24, 2.45) is 0 Å². The van der Waals surface area contributed by atoms with Crippen molar-refractivity contribution >= 4 is 34.0 Å². The summed E-state index contributed by atoms with van der Waals surface area (Å²) in [7, 11) is 1.55. The van der Waals surface area contributed by atoms with Crippen molar-refractivity contribution in [3.05, 3.63) is 35.3 Å². The highest BCUT2D eigenvalue weighted by Crippen LogP contribution is 2.26. The van der Waals surface area contributed by atoms with Crippen molar-refractivity contribution < 1.29 is 13.2 Å². The van der Waals surface area contributed by atoms with Gasteiger partial charge < -0.3 is 15.5 Å². The average Bonchev–Trinajstić information content (AvgIpc) is 3.19. The van der Waals surface area contributed by atoms with Crippen LogP contribution in [0.25, 0.3) is 22.1 Å². The summed E-state index contributed by atoms with van der Waals surface area (Å²) in [6, 6.07) is 1.10. The number of aromatic amines is 1. The number of rotatable bonds is 1. The van der Waals surface area contributed by atoms with Crippen LogP contribution in [0.4, 0.5) is 20.6 Å². The number of nitrogens with two attached hydrogens (primary N) is 1. The van der Waals surface area contributed by atoms with Crippen LogP contribution >= 0.6 is 0 Å². The summed E-state index contributed by atoms with van der Waals surface area (Å²) in [5.74, 6) is 3.38. The average molecular weight is 341 g/mol. The highest BCUT2D eigenvalue weighted by atomic mass is 19.1. The molecule has 0 fully saturated rings. The molecule has 4 rings (SSSR count). The van der Waals surface area contributed by atoms with Crippen LogP contribution < -0.4 is 11.1 Å².